The second-order valence-electron chi connectivity index (χ2n) is 8.39. The van der Waals surface area contributed by atoms with Crippen LogP contribution in [-0.2, 0) is 12.8 Å². The molecule has 0 aliphatic carbocycles. The highest BCUT2D eigenvalue weighted by Crippen LogP contribution is 2.31. The van der Waals surface area contributed by atoms with Crippen LogP contribution < -0.4 is 4.74 Å². The molecule has 0 spiro atoms. The van der Waals surface area contributed by atoms with Crippen LogP contribution in [0.1, 0.15) is 30.5 Å². The maximum absolute atomic E-state index is 14.8. The number of benzene rings is 4. The van der Waals surface area contributed by atoms with E-state index in [4.69, 9.17) is 4.74 Å². The summed E-state index contributed by atoms with van der Waals surface area (Å²) >= 11 is 0. The average molecular weight is 491 g/mol. The van der Waals surface area contributed by atoms with Crippen molar-refractivity contribution in [2.75, 3.05) is 6.61 Å². The van der Waals surface area contributed by atoms with Gasteiger partial charge in [0.2, 0.25) is 5.82 Å². The molecule has 0 aromatic heterocycles. The Labute approximate surface area is 208 Å². The van der Waals surface area contributed by atoms with E-state index in [1.807, 2.05) is 31.2 Å². The van der Waals surface area contributed by atoms with Crippen LogP contribution in [0.2, 0.25) is 0 Å². The molecule has 0 N–H and O–H groups in total. The highest BCUT2D eigenvalue weighted by atomic mass is 19.2. The molecule has 0 bridgehead atoms. The first-order valence-corrected chi connectivity index (χ1v) is 11.8. The number of halogens is 4. The van der Waals surface area contributed by atoms with Crippen molar-refractivity contribution in [2.24, 2.45) is 0 Å². The topological polar surface area (TPSA) is 9.23 Å². The Balaban J connectivity index is 1.47. The summed E-state index contributed by atoms with van der Waals surface area (Å²) in [5.74, 6) is -3.83. The maximum atomic E-state index is 14.8. The lowest BCUT2D eigenvalue weighted by Crippen LogP contribution is -2.00. The standard InChI is InChI=1S/C31H26F4O/c1-3-5-20-6-11-22(12-7-20)25-17-16-24(28(32)29(25)33)15-10-21-8-13-23(14-9-21)26-18-19-27(36-4-2)31(35)30(26)34/h3,5-9,11-14,16-19H,4,10,15H2,1-2H3/b5-3+. The van der Waals surface area contributed by atoms with Gasteiger partial charge in [-0.3, -0.25) is 0 Å². The molecule has 0 radical (unpaired) electrons. The van der Waals surface area contributed by atoms with E-state index in [1.54, 1.807) is 55.5 Å². The smallest absolute Gasteiger partial charge is 0.201 e. The molecule has 36 heavy (non-hydrogen) atoms. The highest BCUT2D eigenvalue weighted by molar-refractivity contribution is 5.67. The summed E-state index contributed by atoms with van der Waals surface area (Å²) in [4.78, 5) is 0. The van der Waals surface area contributed by atoms with Crippen LogP contribution >= 0.6 is 0 Å². The van der Waals surface area contributed by atoms with Crippen LogP contribution in [0.3, 0.4) is 0 Å². The number of hydrogen-bond acceptors (Lipinski definition) is 1. The first-order valence-electron chi connectivity index (χ1n) is 11.8. The molecule has 0 aliphatic rings. The fraction of sp³-hybridized carbons (Fsp3) is 0.161. The van der Waals surface area contributed by atoms with E-state index >= 15 is 0 Å². The molecule has 4 aromatic rings. The van der Waals surface area contributed by atoms with Gasteiger partial charge in [-0.1, -0.05) is 72.8 Å². The quantitative estimate of drug-likeness (QED) is 0.224. The van der Waals surface area contributed by atoms with Gasteiger partial charge in [0.05, 0.1) is 6.61 Å². The SMILES string of the molecule is C/C=C/c1ccc(-c2ccc(CCc3ccc(-c4ccc(OCC)c(F)c4F)cc3)c(F)c2F)cc1. The van der Waals surface area contributed by atoms with Gasteiger partial charge in [-0.05, 0) is 66.6 Å². The van der Waals surface area contributed by atoms with E-state index in [0.717, 1.165) is 11.1 Å². The Hall–Kier alpha value is -3.86. The molecule has 4 rings (SSSR count). The summed E-state index contributed by atoms with van der Waals surface area (Å²) in [6.07, 6.45) is 4.61. The second kappa shape index (κ2) is 11.3. The molecule has 1 nitrogen and oxygen atoms in total. The fourth-order valence-electron chi connectivity index (χ4n) is 4.12. The molecule has 5 heteroatoms. The average Bonchev–Trinajstić information content (AvgIpc) is 2.89. The predicted molar refractivity (Wildman–Crippen MR) is 137 cm³/mol. The lowest BCUT2D eigenvalue weighted by Gasteiger charge is -2.11. The highest BCUT2D eigenvalue weighted by Gasteiger charge is 2.17. The molecule has 0 atom stereocenters. The zero-order chi connectivity index (χ0) is 25.7. The van der Waals surface area contributed by atoms with E-state index in [9.17, 15) is 17.6 Å². The van der Waals surface area contributed by atoms with Crippen LogP contribution in [0.5, 0.6) is 5.75 Å². The molecular weight excluding hydrogens is 464 g/mol. The van der Waals surface area contributed by atoms with E-state index in [-0.39, 0.29) is 29.0 Å². The first kappa shape index (κ1) is 25.2. The van der Waals surface area contributed by atoms with Gasteiger partial charge in [0, 0.05) is 11.1 Å². The Kier molecular flexibility index (Phi) is 7.89. The Morgan fingerprint density at radius 3 is 1.83 bits per heavy atom. The first-order chi connectivity index (χ1) is 17.4. The minimum absolute atomic E-state index is 0.124. The van der Waals surface area contributed by atoms with Crippen LogP contribution in [0.25, 0.3) is 28.3 Å². The molecular formula is C31H26F4O. The summed E-state index contributed by atoms with van der Waals surface area (Å²) in [6.45, 7) is 3.85. The van der Waals surface area contributed by atoms with Crippen LogP contribution in [0.4, 0.5) is 17.6 Å². The third-order valence-electron chi connectivity index (χ3n) is 6.04. The summed E-state index contributed by atoms with van der Waals surface area (Å²) in [5.41, 5.74) is 3.61. The van der Waals surface area contributed by atoms with Crippen molar-refractivity contribution >= 4 is 6.08 Å². The molecule has 0 saturated carbocycles. The zero-order valence-corrected chi connectivity index (χ0v) is 20.1. The lowest BCUT2D eigenvalue weighted by atomic mass is 9.97. The Bertz CT molecular complexity index is 1370. The summed E-state index contributed by atoms with van der Waals surface area (Å²) in [7, 11) is 0. The third kappa shape index (κ3) is 5.35. The number of hydrogen-bond donors (Lipinski definition) is 0. The van der Waals surface area contributed by atoms with Gasteiger partial charge in [0.1, 0.15) is 0 Å². The van der Waals surface area contributed by atoms with Crippen molar-refractivity contribution < 1.29 is 22.3 Å². The second-order valence-corrected chi connectivity index (χ2v) is 8.39. The molecule has 0 aliphatic heterocycles. The molecule has 0 heterocycles. The normalized spacial score (nSPS) is 11.3. The van der Waals surface area contributed by atoms with Gasteiger partial charge in [0.15, 0.2) is 23.2 Å². The third-order valence-corrected chi connectivity index (χ3v) is 6.04. The van der Waals surface area contributed by atoms with E-state index < -0.39 is 23.3 Å². The van der Waals surface area contributed by atoms with Crippen molar-refractivity contribution in [2.45, 2.75) is 26.7 Å². The van der Waals surface area contributed by atoms with Crippen LogP contribution in [0, 0.1) is 23.3 Å². The zero-order valence-electron chi connectivity index (χ0n) is 20.1. The Morgan fingerprint density at radius 2 is 1.22 bits per heavy atom. The minimum atomic E-state index is -1.02. The fourth-order valence-corrected chi connectivity index (χ4v) is 4.12. The van der Waals surface area contributed by atoms with E-state index in [2.05, 4.69) is 0 Å². The van der Waals surface area contributed by atoms with Crippen LogP contribution in [-0.4, -0.2) is 6.61 Å². The van der Waals surface area contributed by atoms with Gasteiger partial charge in [0.25, 0.3) is 0 Å². The number of ether oxygens (including phenoxy) is 1. The molecule has 0 unspecified atom stereocenters. The molecule has 0 fully saturated rings. The maximum Gasteiger partial charge on any atom is 0.201 e. The van der Waals surface area contributed by atoms with Crippen molar-refractivity contribution in [1.29, 1.82) is 0 Å². The molecule has 0 amide bonds. The van der Waals surface area contributed by atoms with Gasteiger partial charge in [-0.2, -0.15) is 4.39 Å². The Morgan fingerprint density at radius 1 is 0.639 bits per heavy atom. The van der Waals surface area contributed by atoms with Crippen molar-refractivity contribution in [3.63, 3.8) is 0 Å². The van der Waals surface area contributed by atoms with Crippen molar-refractivity contribution in [1.82, 2.24) is 0 Å². The summed E-state index contributed by atoms with van der Waals surface area (Å²) in [5, 5.41) is 0. The van der Waals surface area contributed by atoms with Crippen molar-refractivity contribution in [3.8, 4) is 28.0 Å². The largest absolute Gasteiger partial charge is 0.491 e. The lowest BCUT2D eigenvalue weighted by molar-refractivity contribution is 0.314. The molecule has 0 saturated heterocycles. The van der Waals surface area contributed by atoms with Crippen molar-refractivity contribution in [3.05, 3.63) is 119 Å². The summed E-state index contributed by atoms with van der Waals surface area (Å²) in [6, 6.07) is 20.3. The monoisotopic (exact) mass is 490 g/mol. The minimum Gasteiger partial charge on any atom is -0.491 e. The van der Waals surface area contributed by atoms with Gasteiger partial charge in [-0.25, -0.2) is 13.2 Å². The molecule has 4 aromatic carbocycles. The van der Waals surface area contributed by atoms with Gasteiger partial charge < -0.3 is 4.74 Å². The summed E-state index contributed by atoms with van der Waals surface area (Å²) < 4.78 is 63.5. The predicted octanol–water partition coefficient (Wildman–Crippen LogP) is 8.79. The van der Waals surface area contributed by atoms with E-state index in [1.165, 1.54) is 12.1 Å². The number of allylic oxidation sites excluding steroid dienone is 1. The van der Waals surface area contributed by atoms with Gasteiger partial charge in [-0.15, -0.1) is 0 Å². The molecule has 184 valence electrons. The van der Waals surface area contributed by atoms with E-state index in [0.29, 0.717) is 24.0 Å². The number of rotatable bonds is 8. The van der Waals surface area contributed by atoms with Crippen LogP contribution in [0.15, 0.2) is 78.9 Å². The van der Waals surface area contributed by atoms with Gasteiger partial charge >= 0.3 is 0 Å². The number of aryl methyl sites for hydroxylation is 2.